The number of hydrogen-bond donors (Lipinski definition) is 1. The first kappa shape index (κ1) is 30.0. The van der Waals surface area contributed by atoms with Gasteiger partial charge in [-0.05, 0) is 61.4 Å². The number of halogens is 1. The maximum Gasteiger partial charge on any atom is 0.264 e. The molecule has 0 aromatic heterocycles. The van der Waals surface area contributed by atoms with E-state index in [1.165, 1.54) is 23.1 Å². The van der Waals surface area contributed by atoms with Gasteiger partial charge in [0.15, 0.2) is 0 Å². The van der Waals surface area contributed by atoms with Crippen LogP contribution in [0.15, 0.2) is 83.8 Å². The van der Waals surface area contributed by atoms with E-state index in [2.05, 4.69) is 5.32 Å². The molecule has 1 atom stereocenters. The molecule has 0 bridgehead atoms. The van der Waals surface area contributed by atoms with Crippen LogP contribution in [0.1, 0.15) is 32.3 Å². The van der Waals surface area contributed by atoms with Crippen LogP contribution in [-0.2, 0) is 26.2 Å². The van der Waals surface area contributed by atoms with Crippen molar-refractivity contribution in [3.63, 3.8) is 0 Å². The second-order valence-corrected chi connectivity index (χ2v) is 11.3. The van der Waals surface area contributed by atoms with E-state index in [0.717, 1.165) is 22.7 Å². The van der Waals surface area contributed by atoms with Crippen LogP contribution in [-0.4, -0.2) is 51.4 Å². The number of unbranched alkanes of at least 4 members (excludes halogenated alkanes) is 1. The van der Waals surface area contributed by atoms with Crippen molar-refractivity contribution < 1.29 is 22.7 Å². The highest BCUT2D eigenvalue weighted by Gasteiger charge is 2.32. The highest BCUT2D eigenvalue weighted by atomic mass is 35.5. The van der Waals surface area contributed by atoms with Crippen LogP contribution < -0.4 is 14.4 Å². The average Bonchev–Trinajstić information content (AvgIpc) is 2.94. The van der Waals surface area contributed by atoms with Gasteiger partial charge in [0.05, 0.1) is 17.7 Å². The number of amides is 2. The molecule has 0 heterocycles. The standard InChI is InChI=1S/C29H34ClN3O5S/c1-4-5-18-31-29(35)22(2)32(20-23-14-16-26(38-3)17-15-23)28(34)21-33(25-11-9-10-24(30)19-25)39(36,37)27-12-7-6-8-13-27/h6-17,19,22H,4-5,18,20-21H2,1-3H3,(H,31,35)/t22-/m0/s1. The largest absolute Gasteiger partial charge is 0.497 e. The first-order valence-corrected chi connectivity index (χ1v) is 14.5. The zero-order valence-electron chi connectivity index (χ0n) is 22.3. The van der Waals surface area contributed by atoms with E-state index in [1.54, 1.807) is 74.7 Å². The molecule has 0 saturated heterocycles. The van der Waals surface area contributed by atoms with Crippen LogP contribution >= 0.6 is 11.6 Å². The third-order valence-electron chi connectivity index (χ3n) is 6.22. The van der Waals surface area contributed by atoms with E-state index >= 15 is 0 Å². The van der Waals surface area contributed by atoms with Crippen molar-refractivity contribution >= 4 is 39.1 Å². The molecule has 3 aromatic carbocycles. The molecule has 2 amide bonds. The third-order valence-corrected chi connectivity index (χ3v) is 8.24. The summed E-state index contributed by atoms with van der Waals surface area (Å²) in [7, 11) is -2.57. The van der Waals surface area contributed by atoms with Crippen molar-refractivity contribution in [1.82, 2.24) is 10.2 Å². The van der Waals surface area contributed by atoms with Gasteiger partial charge in [0, 0.05) is 18.1 Å². The molecule has 0 aliphatic carbocycles. The van der Waals surface area contributed by atoms with Crippen molar-refractivity contribution in [3.05, 3.63) is 89.4 Å². The van der Waals surface area contributed by atoms with Gasteiger partial charge in [0.25, 0.3) is 10.0 Å². The number of carbonyl (C=O) groups is 2. The number of ether oxygens (including phenoxy) is 1. The fourth-order valence-corrected chi connectivity index (χ4v) is 5.54. The highest BCUT2D eigenvalue weighted by molar-refractivity contribution is 7.92. The molecule has 0 aliphatic rings. The number of benzene rings is 3. The molecular weight excluding hydrogens is 538 g/mol. The fraction of sp³-hybridized carbons (Fsp3) is 0.310. The third kappa shape index (κ3) is 7.97. The molecule has 208 valence electrons. The summed E-state index contributed by atoms with van der Waals surface area (Å²) in [6.07, 6.45) is 1.72. The van der Waals surface area contributed by atoms with Gasteiger partial charge in [0.2, 0.25) is 11.8 Å². The van der Waals surface area contributed by atoms with E-state index in [1.807, 2.05) is 6.92 Å². The fourth-order valence-electron chi connectivity index (χ4n) is 3.93. The van der Waals surface area contributed by atoms with E-state index in [4.69, 9.17) is 16.3 Å². The predicted octanol–water partition coefficient (Wildman–Crippen LogP) is 4.88. The monoisotopic (exact) mass is 571 g/mol. The van der Waals surface area contributed by atoms with Gasteiger partial charge in [-0.3, -0.25) is 13.9 Å². The Bertz CT molecular complexity index is 1350. The Morgan fingerprint density at radius 2 is 1.69 bits per heavy atom. The minimum Gasteiger partial charge on any atom is -0.497 e. The van der Waals surface area contributed by atoms with E-state index in [0.29, 0.717) is 17.3 Å². The molecule has 0 spiro atoms. The summed E-state index contributed by atoms with van der Waals surface area (Å²) in [5.74, 6) is -0.197. The Morgan fingerprint density at radius 1 is 1.00 bits per heavy atom. The van der Waals surface area contributed by atoms with Crippen molar-refractivity contribution in [2.45, 2.75) is 44.2 Å². The molecular formula is C29H34ClN3O5S. The zero-order valence-corrected chi connectivity index (χ0v) is 23.9. The number of hydrogen-bond acceptors (Lipinski definition) is 5. The lowest BCUT2D eigenvalue weighted by atomic mass is 10.1. The summed E-state index contributed by atoms with van der Waals surface area (Å²) in [5.41, 5.74) is 1.00. The Balaban J connectivity index is 1.98. The summed E-state index contributed by atoms with van der Waals surface area (Å²) in [5, 5.41) is 3.20. The maximum atomic E-state index is 13.9. The predicted molar refractivity (Wildman–Crippen MR) is 153 cm³/mol. The number of nitrogens with one attached hydrogen (secondary N) is 1. The van der Waals surface area contributed by atoms with Crippen molar-refractivity contribution in [2.75, 3.05) is 24.5 Å². The zero-order chi connectivity index (χ0) is 28.4. The number of rotatable bonds is 13. The molecule has 0 aliphatic heterocycles. The van der Waals surface area contributed by atoms with Gasteiger partial charge >= 0.3 is 0 Å². The Morgan fingerprint density at radius 3 is 2.31 bits per heavy atom. The summed E-state index contributed by atoms with van der Waals surface area (Å²) < 4.78 is 33.7. The van der Waals surface area contributed by atoms with E-state index < -0.39 is 28.5 Å². The number of nitrogens with zero attached hydrogens (tertiary/aromatic N) is 2. The van der Waals surface area contributed by atoms with Crippen LogP contribution in [0.4, 0.5) is 5.69 Å². The maximum absolute atomic E-state index is 13.9. The number of methoxy groups -OCH3 is 1. The van der Waals surface area contributed by atoms with Crippen LogP contribution in [0.2, 0.25) is 5.02 Å². The lowest BCUT2D eigenvalue weighted by molar-refractivity contribution is -0.139. The minimum absolute atomic E-state index is 0.0323. The Labute approximate surface area is 235 Å². The SMILES string of the molecule is CCCCNC(=O)[C@H](C)N(Cc1ccc(OC)cc1)C(=O)CN(c1cccc(Cl)c1)S(=O)(=O)c1ccccc1. The van der Waals surface area contributed by atoms with Crippen molar-refractivity contribution in [3.8, 4) is 5.75 Å². The van der Waals surface area contributed by atoms with Gasteiger partial charge in [-0.1, -0.05) is 61.3 Å². The molecule has 8 nitrogen and oxygen atoms in total. The van der Waals surface area contributed by atoms with Gasteiger partial charge in [-0.15, -0.1) is 0 Å². The number of sulfonamides is 1. The molecule has 0 saturated carbocycles. The summed E-state index contributed by atoms with van der Waals surface area (Å²) in [6, 6.07) is 20.5. The van der Waals surface area contributed by atoms with Crippen molar-refractivity contribution in [2.24, 2.45) is 0 Å². The number of carbonyl (C=O) groups excluding carboxylic acids is 2. The lowest BCUT2D eigenvalue weighted by Gasteiger charge is -2.32. The average molecular weight is 572 g/mol. The second-order valence-electron chi connectivity index (χ2n) is 8.99. The van der Waals surface area contributed by atoms with Crippen molar-refractivity contribution in [1.29, 1.82) is 0 Å². The van der Waals surface area contributed by atoms with E-state index in [9.17, 15) is 18.0 Å². The van der Waals surface area contributed by atoms with Crippen LogP contribution in [0.3, 0.4) is 0 Å². The van der Waals surface area contributed by atoms with Gasteiger partial charge in [-0.25, -0.2) is 8.42 Å². The van der Waals surface area contributed by atoms with Gasteiger partial charge in [-0.2, -0.15) is 0 Å². The molecule has 10 heteroatoms. The number of anilines is 1. The molecule has 3 aromatic rings. The Kier molecular flexibility index (Phi) is 10.8. The smallest absolute Gasteiger partial charge is 0.264 e. The van der Waals surface area contributed by atoms with Crippen LogP contribution in [0.5, 0.6) is 5.75 Å². The summed E-state index contributed by atoms with van der Waals surface area (Å²) in [4.78, 5) is 28.3. The molecule has 0 fully saturated rings. The quantitative estimate of drug-likeness (QED) is 0.295. The van der Waals surface area contributed by atoms with Gasteiger partial charge in [0.1, 0.15) is 18.3 Å². The first-order chi connectivity index (χ1) is 18.7. The lowest BCUT2D eigenvalue weighted by Crippen LogP contribution is -2.51. The van der Waals surface area contributed by atoms with Gasteiger partial charge < -0.3 is 15.0 Å². The molecule has 39 heavy (non-hydrogen) atoms. The highest BCUT2D eigenvalue weighted by Crippen LogP contribution is 2.27. The van der Waals surface area contributed by atoms with Crippen LogP contribution in [0.25, 0.3) is 0 Å². The molecule has 0 radical (unpaired) electrons. The Hall–Kier alpha value is -3.56. The van der Waals surface area contributed by atoms with E-state index in [-0.39, 0.29) is 23.0 Å². The first-order valence-electron chi connectivity index (χ1n) is 12.7. The minimum atomic E-state index is -4.13. The summed E-state index contributed by atoms with van der Waals surface area (Å²) >= 11 is 6.19. The normalized spacial score (nSPS) is 11.9. The van der Waals surface area contributed by atoms with Crippen LogP contribution in [0, 0.1) is 0 Å². The topological polar surface area (TPSA) is 96.0 Å². The molecule has 3 rings (SSSR count). The summed E-state index contributed by atoms with van der Waals surface area (Å²) in [6.45, 7) is 3.71. The molecule has 0 unspecified atom stereocenters. The second kappa shape index (κ2) is 14.0. The molecule has 1 N–H and O–H groups in total.